The van der Waals surface area contributed by atoms with Gasteiger partial charge < -0.3 is 10.4 Å². The molecule has 1 aliphatic rings. The van der Waals surface area contributed by atoms with Gasteiger partial charge in [0.1, 0.15) is 0 Å². The molecule has 0 spiro atoms. The molecule has 1 fully saturated rings. The lowest BCUT2D eigenvalue weighted by Crippen LogP contribution is -2.50. The molecule has 1 rings (SSSR count). The summed E-state index contributed by atoms with van der Waals surface area (Å²) in [6, 6.07) is 1.41. The third-order valence-electron chi connectivity index (χ3n) is 3.46. The average molecular weight is 228 g/mol. The van der Waals surface area contributed by atoms with E-state index in [0.717, 1.165) is 12.6 Å². The average Bonchev–Trinajstić information content (AvgIpc) is 2.28. The van der Waals surface area contributed by atoms with Crippen molar-refractivity contribution in [1.82, 2.24) is 10.2 Å². The molecule has 3 heteroatoms. The van der Waals surface area contributed by atoms with E-state index < -0.39 is 0 Å². The van der Waals surface area contributed by atoms with Gasteiger partial charge in [0.15, 0.2) is 0 Å². The second-order valence-corrected chi connectivity index (χ2v) is 5.25. The standard InChI is InChI=1S/C13H28N2O/c1-4-13-7-5-6-8-15(13)9-12(10-16)14-11(2)3/h11-14,16H,4-10H2,1-3H3. The smallest absolute Gasteiger partial charge is 0.0597 e. The molecule has 0 aliphatic carbocycles. The van der Waals surface area contributed by atoms with E-state index in [4.69, 9.17) is 0 Å². The minimum Gasteiger partial charge on any atom is -0.395 e. The Labute approximate surface area is 100 Å². The van der Waals surface area contributed by atoms with Crippen molar-refractivity contribution < 1.29 is 5.11 Å². The molecule has 0 aromatic rings. The predicted octanol–water partition coefficient (Wildman–Crippen LogP) is 1.61. The molecule has 0 amide bonds. The number of rotatable bonds is 6. The van der Waals surface area contributed by atoms with E-state index in [9.17, 15) is 5.11 Å². The molecule has 1 heterocycles. The molecule has 0 aromatic carbocycles. The Morgan fingerprint density at radius 2 is 2.12 bits per heavy atom. The number of nitrogens with zero attached hydrogens (tertiary/aromatic N) is 1. The fourth-order valence-electron chi connectivity index (χ4n) is 2.68. The zero-order valence-electron chi connectivity index (χ0n) is 11.1. The minimum atomic E-state index is 0.229. The number of likely N-dealkylation sites (tertiary alicyclic amines) is 1. The second-order valence-electron chi connectivity index (χ2n) is 5.25. The SMILES string of the molecule is CCC1CCCCN1CC(CO)NC(C)C. The molecule has 1 aliphatic heterocycles. The van der Waals surface area contributed by atoms with Gasteiger partial charge in [-0.3, -0.25) is 4.90 Å². The zero-order valence-corrected chi connectivity index (χ0v) is 11.1. The van der Waals surface area contributed by atoms with Gasteiger partial charge in [-0.1, -0.05) is 27.2 Å². The molecule has 2 unspecified atom stereocenters. The Morgan fingerprint density at radius 1 is 1.38 bits per heavy atom. The van der Waals surface area contributed by atoms with E-state index in [1.54, 1.807) is 0 Å². The van der Waals surface area contributed by atoms with Crippen molar-refractivity contribution in [1.29, 1.82) is 0 Å². The van der Waals surface area contributed by atoms with Crippen molar-refractivity contribution in [3.05, 3.63) is 0 Å². The highest BCUT2D eigenvalue weighted by Gasteiger charge is 2.23. The Hall–Kier alpha value is -0.120. The van der Waals surface area contributed by atoms with Gasteiger partial charge in [0.25, 0.3) is 0 Å². The second kappa shape index (κ2) is 7.25. The van der Waals surface area contributed by atoms with Crippen molar-refractivity contribution in [2.24, 2.45) is 0 Å². The maximum atomic E-state index is 9.38. The largest absolute Gasteiger partial charge is 0.395 e. The van der Waals surface area contributed by atoms with Crippen LogP contribution >= 0.6 is 0 Å². The molecule has 2 N–H and O–H groups in total. The van der Waals surface area contributed by atoms with E-state index in [1.165, 1.54) is 32.2 Å². The number of nitrogens with one attached hydrogen (secondary N) is 1. The first kappa shape index (κ1) is 13.9. The maximum Gasteiger partial charge on any atom is 0.0597 e. The van der Waals surface area contributed by atoms with Crippen LogP contribution in [0, 0.1) is 0 Å². The lowest BCUT2D eigenvalue weighted by molar-refractivity contribution is 0.108. The van der Waals surface area contributed by atoms with Crippen LogP contribution in [0.1, 0.15) is 46.5 Å². The fraction of sp³-hybridized carbons (Fsp3) is 1.00. The molecule has 0 aromatic heterocycles. The fourth-order valence-corrected chi connectivity index (χ4v) is 2.68. The Balaban J connectivity index is 2.41. The van der Waals surface area contributed by atoms with Crippen LogP contribution in [0.4, 0.5) is 0 Å². The van der Waals surface area contributed by atoms with E-state index >= 15 is 0 Å². The van der Waals surface area contributed by atoms with Gasteiger partial charge in [-0.25, -0.2) is 0 Å². The van der Waals surface area contributed by atoms with Crippen LogP contribution in [0.5, 0.6) is 0 Å². The lowest BCUT2D eigenvalue weighted by atomic mass is 9.99. The van der Waals surface area contributed by atoms with Crippen molar-refractivity contribution in [3.63, 3.8) is 0 Å². The van der Waals surface area contributed by atoms with Gasteiger partial charge in [-0.15, -0.1) is 0 Å². The van der Waals surface area contributed by atoms with Gasteiger partial charge in [0.05, 0.1) is 6.61 Å². The van der Waals surface area contributed by atoms with E-state index in [-0.39, 0.29) is 12.6 Å². The molecule has 2 atom stereocenters. The summed E-state index contributed by atoms with van der Waals surface area (Å²) in [6.07, 6.45) is 5.25. The summed E-state index contributed by atoms with van der Waals surface area (Å²) >= 11 is 0. The summed E-state index contributed by atoms with van der Waals surface area (Å²) in [5.74, 6) is 0. The predicted molar refractivity (Wildman–Crippen MR) is 68.6 cm³/mol. The van der Waals surface area contributed by atoms with Crippen LogP contribution in [0.15, 0.2) is 0 Å². The first-order valence-corrected chi connectivity index (χ1v) is 6.78. The first-order valence-electron chi connectivity index (χ1n) is 6.78. The molecular formula is C13H28N2O. The van der Waals surface area contributed by atoms with Crippen LogP contribution in [0.2, 0.25) is 0 Å². The summed E-state index contributed by atoms with van der Waals surface area (Å²) < 4.78 is 0. The third kappa shape index (κ3) is 4.40. The normalized spacial score (nSPS) is 24.9. The highest BCUT2D eigenvalue weighted by Crippen LogP contribution is 2.19. The van der Waals surface area contributed by atoms with Crippen LogP contribution in [-0.2, 0) is 0 Å². The zero-order chi connectivity index (χ0) is 12.0. The minimum absolute atomic E-state index is 0.229. The third-order valence-corrected chi connectivity index (χ3v) is 3.46. The Bertz CT molecular complexity index is 185. The monoisotopic (exact) mass is 228 g/mol. The van der Waals surface area contributed by atoms with Crippen molar-refractivity contribution in [2.45, 2.75) is 64.6 Å². The van der Waals surface area contributed by atoms with Crippen molar-refractivity contribution >= 4 is 0 Å². The first-order chi connectivity index (χ1) is 7.67. The van der Waals surface area contributed by atoms with E-state index in [2.05, 4.69) is 31.0 Å². The number of aliphatic hydroxyl groups excluding tert-OH is 1. The van der Waals surface area contributed by atoms with Gasteiger partial charge in [-0.05, 0) is 25.8 Å². The lowest BCUT2D eigenvalue weighted by Gasteiger charge is -2.37. The quantitative estimate of drug-likeness (QED) is 0.725. The highest BCUT2D eigenvalue weighted by atomic mass is 16.3. The number of piperidine rings is 1. The van der Waals surface area contributed by atoms with Crippen LogP contribution in [0.25, 0.3) is 0 Å². The topological polar surface area (TPSA) is 35.5 Å². The Morgan fingerprint density at radius 3 is 2.69 bits per heavy atom. The van der Waals surface area contributed by atoms with Gasteiger partial charge in [0, 0.05) is 24.7 Å². The van der Waals surface area contributed by atoms with Crippen molar-refractivity contribution in [3.8, 4) is 0 Å². The molecule has 1 saturated heterocycles. The molecular weight excluding hydrogens is 200 g/mol. The number of hydrogen-bond donors (Lipinski definition) is 2. The molecule has 0 bridgehead atoms. The summed E-state index contributed by atoms with van der Waals surface area (Å²) in [4.78, 5) is 2.56. The molecule has 0 saturated carbocycles. The Kier molecular flexibility index (Phi) is 6.32. The molecule has 3 nitrogen and oxygen atoms in total. The van der Waals surface area contributed by atoms with E-state index in [0.29, 0.717) is 6.04 Å². The summed E-state index contributed by atoms with van der Waals surface area (Å²) in [5, 5.41) is 12.8. The highest BCUT2D eigenvalue weighted by molar-refractivity contribution is 4.81. The van der Waals surface area contributed by atoms with Crippen LogP contribution in [0.3, 0.4) is 0 Å². The van der Waals surface area contributed by atoms with E-state index in [1.807, 2.05) is 0 Å². The van der Waals surface area contributed by atoms with Gasteiger partial charge in [-0.2, -0.15) is 0 Å². The van der Waals surface area contributed by atoms with Crippen LogP contribution in [-0.4, -0.2) is 47.8 Å². The molecule has 16 heavy (non-hydrogen) atoms. The van der Waals surface area contributed by atoms with Crippen molar-refractivity contribution in [2.75, 3.05) is 19.7 Å². The number of hydrogen-bond acceptors (Lipinski definition) is 3. The maximum absolute atomic E-state index is 9.38. The summed E-state index contributed by atoms with van der Waals surface area (Å²) in [5.41, 5.74) is 0. The number of aliphatic hydroxyl groups is 1. The summed E-state index contributed by atoms with van der Waals surface area (Å²) in [7, 11) is 0. The molecule has 96 valence electrons. The van der Waals surface area contributed by atoms with Crippen LogP contribution < -0.4 is 5.32 Å². The molecule has 0 radical (unpaired) electrons. The van der Waals surface area contributed by atoms with Gasteiger partial charge in [0.2, 0.25) is 0 Å². The summed E-state index contributed by atoms with van der Waals surface area (Å²) in [6.45, 7) is 8.98. The van der Waals surface area contributed by atoms with Gasteiger partial charge >= 0.3 is 0 Å².